The summed E-state index contributed by atoms with van der Waals surface area (Å²) in [6, 6.07) is 16.1. The van der Waals surface area contributed by atoms with Gasteiger partial charge in [0.1, 0.15) is 0 Å². The third-order valence-corrected chi connectivity index (χ3v) is 6.31. The van der Waals surface area contributed by atoms with Crippen molar-refractivity contribution in [2.75, 3.05) is 0 Å². The summed E-state index contributed by atoms with van der Waals surface area (Å²) in [5, 5.41) is 0. The lowest BCUT2D eigenvalue weighted by Gasteiger charge is -2.31. The third-order valence-electron chi connectivity index (χ3n) is 6.31. The molecule has 2 aromatic rings. The molecule has 0 heterocycles. The Bertz CT molecular complexity index is 959. The molecule has 2 aliphatic carbocycles. The quantitative estimate of drug-likeness (QED) is 0.517. The number of aryl methyl sites for hydroxylation is 3. The van der Waals surface area contributed by atoms with E-state index in [-0.39, 0.29) is 0 Å². The van der Waals surface area contributed by atoms with E-state index in [2.05, 4.69) is 93.3 Å². The van der Waals surface area contributed by atoms with Gasteiger partial charge in [0.05, 0.1) is 0 Å². The Labute approximate surface area is 170 Å². The van der Waals surface area contributed by atoms with Crippen molar-refractivity contribution in [3.8, 4) is 11.8 Å². The van der Waals surface area contributed by atoms with Crippen LogP contribution < -0.4 is 0 Å². The maximum absolute atomic E-state index is 3.55. The van der Waals surface area contributed by atoms with E-state index in [1.54, 1.807) is 0 Å². The van der Waals surface area contributed by atoms with Gasteiger partial charge in [-0.2, -0.15) is 0 Å². The van der Waals surface area contributed by atoms with Crippen LogP contribution in [-0.2, 0) is 12.8 Å². The van der Waals surface area contributed by atoms with Gasteiger partial charge in [0.2, 0.25) is 0 Å². The van der Waals surface area contributed by atoms with Crippen molar-refractivity contribution < 1.29 is 0 Å². The summed E-state index contributed by atoms with van der Waals surface area (Å²) in [4.78, 5) is 0. The SMILES string of the molecule is CCC#CC(CC)C1C=CC(c2ccc3c(c2)CC3)=CC1c1ccc(C)cc1. The van der Waals surface area contributed by atoms with Crippen molar-refractivity contribution in [3.05, 3.63) is 88.5 Å². The average molecular weight is 367 g/mol. The summed E-state index contributed by atoms with van der Waals surface area (Å²) in [7, 11) is 0. The van der Waals surface area contributed by atoms with Crippen molar-refractivity contribution in [1.29, 1.82) is 0 Å². The lowest BCUT2D eigenvalue weighted by Crippen LogP contribution is -2.20. The molecule has 0 fully saturated rings. The van der Waals surface area contributed by atoms with Crippen LogP contribution in [0.3, 0.4) is 0 Å². The van der Waals surface area contributed by atoms with Gasteiger partial charge in [-0.25, -0.2) is 0 Å². The van der Waals surface area contributed by atoms with Crippen molar-refractivity contribution >= 4 is 5.57 Å². The first kappa shape index (κ1) is 18.8. The monoisotopic (exact) mass is 366 g/mol. The van der Waals surface area contributed by atoms with E-state index in [1.165, 1.54) is 46.2 Å². The summed E-state index contributed by atoms with van der Waals surface area (Å²) < 4.78 is 0. The molecule has 3 atom stereocenters. The van der Waals surface area contributed by atoms with Gasteiger partial charge in [0, 0.05) is 24.2 Å². The molecule has 0 saturated heterocycles. The molecule has 0 spiro atoms. The molecule has 0 radical (unpaired) electrons. The first-order chi connectivity index (χ1) is 13.7. The Morgan fingerprint density at radius 3 is 2.43 bits per heavy atom. The van der Waals surface area contributed by atoms with Crippen LogP contribution in [0.5, 0.6) is 0 Å². The second-order valence-electron chi connectivity index (χ2n) is 8.17. The van der Waals surface area contributed by atoms with Crippen LogP contribution in [0.4, 0.5) is 0 Å². The summed E-state index contributed by atoms with van der Waals surface area (Å²) >= 11 is 0. The molecule has 0 nitrogen and oxygen atoms in total. The zero-order valence-electron chi connectivity index (χ0n) is 17.3. The highest BCUT2D eigenvalue weighted by Gasteiger charge is 2.28. The van der Waals surface area contributed by atoms with Gasteiger partial charge in [-0.05, 0) is 54.0 Å². The lowest BCUT2D eigenvalue weighted by atomic mass is 9.72. The second-order valence-corrected chi connectivity index (χ2v) is 8.17. The van der Waals surface area contributed by atoms with Crippen molar-refractivity contribution in [2.24, 2.45) is 11.8 Å². The van der Waals surface area contributed by atoms with Gasteiger partial charge in [-0.1, -0.05) is 86.0 Å². The largest absolute Gasteiger partial charge is 0.103 e. The number of hydrogen-bond donors (Lipinski definition) is 0. The van der Waals surface area contributed by atoms with Crippen LogP contribution in [-0.4, -0.2) is 0 Å². The third kappa shape index (κ3) is 3.72. The summed E-state index contributed by atoms with van der Waals surface area (Å²) in [6.07, 6.45) is 11.8. The molecule has 2 aromatic carbocycles. The van der Waals surface area contributed by atoms with Crippen LogP contribution >= 0.6 is 0 Å². The summed E-state index contributed by atoms with van der Waals surface area (Å²) in [5.41, 5.74) is 8.49. The molecule has 142 valence electrons. The van der Waals surface area contributed by atoms with E-state index in [0.717, 1.165) is 12.8 Å². The summed E-state index contributed by atoms with van der Waals surface area (Å²) in [5.74, 6) is 8.10. The molecule has 0 amide bonds. The van der Waals surface area contributed by atoms with Crippen LogP contribution in [0, 0.1) is 30.6 Å². The zero-order chi connectivity index (χ0) is 19.5. The van der Waals surface area contributed by atoms with E-state index >= 15 is 0 Å². The smallest absolute Gasteiger partial charge is 0.0271 e. The standard InChI is InChI=1S/C28H30/c1-4-6-7-21(5-2)27-17-16-26(25-15-13-22-12-14-24(22)18-25)19-28(27)23-10-8-20(3)9-11-23/h8-11,13,15-19,21,27-28H,4-5,12,14H2,1-3H3. The molecular formula is C28H30. The van der Waals surface area contributed by atoms with Crippen molar-refractivity contribution in [2.45, 2.75) is 52.4 Å². The van der Waals surface area contributed by atoms with Crippen LogP contribution in [0.25, 0.3) is 5.57 Å². The Hall–Kier alpha value is -2.52. The van der Waals surface area contributed by atoms with Crippen LogP contribution in [0.2, 0.25) is 0 Å². The highest BCUT2D eigenvalue weighted by atomic mass is 14.3. The molecule has 2 aliphatic rings. The fourth-order valence-electron chi connectivity index (χ4n) is 4.46. The predicted octanol–water partition coefficient (Wildman–Crippen LogP) is 6.89. The lowest BCUT2D eigenvalue weighted by molar-refractivity contribution is 0.436. The fourth-order valence-corrected chi connectivity index (χ4v) is 4.46. The number of hydrogen-bond acceptors (Lipinski definition) is 0. The van der Waals surface area contributed by atoms with Gasteiger partial charge in [-0.3, -0.25) is 0 Å². The highest BCUT2D eigenvalue weighted by molar-refractivity contribution is 5.77. The molecule has 0 saturated carbocycles. The van der Waals surface area contributed by atoms with Crippen LogP contribution in [0.1, 0.15) is 60.4 Å². The molecule has 28 heavy (non-hydrogen) atoms. The number of fused-ring (bicyclic) bond motifs is 1. The molecule has 0 aromatic heterocycles. The molecular weight excluding hydrogens is 336 g/mol. The van der Waals surface area contributed by atoms with Gasteiger partial charge < -0.3 is 0 Å². The Morgan fingerprint density at radius 2 is 1.79 bits per heavy atom. The first-order valence-electron chi connectivity index (χ1n) is 10.8. The predicted molar refractivity (Wildman–Crippen MR) is 120 cm³/mol. The van der Waals surface area contributed by atoms with E-state index < -0.39 is 0 Å². The van der Waals surface area contributed by atoms with E-state index in [0.29, 0.717) is 17.8 Å². The maximum Gasteiger partial charge on any atom is 0.0271 e. The van der Waals surface area contributed by atoms with Crippen LogP contribution in [0.15, 0.2) is 60.7 Å². The zero-order valence-corrected chi connectivity index (χ0v) is 17.3. The first-order valence-corrected chi connectivity index (χ1v) is 10.8. The minimum atomic E-state index is 0.378. The Morgan fingerprint density at radius 1 is 1.00 bits per heavy atom. The second kappa shape index (κ2) is 8.24. The Kier molecular flexibility index (Phi) is 5.54. The van der Waals surface area contributed by atoms with Crippen molar-refractivity contribution in [3.63, 3.8) is 0 Å². The summed E-state index contributed by atoms with van der Waals surface area (Å²) in [6.45, 7) is 6.56. The number of allylic oxidation sites excluding steroid dienone is 4. The van der Waals surface area contributed by atoms with Gasteiger partial charge >= 0.3 is 0 Å². The van der Waals surface area contributed by atoms with Gasteiger partial charge in [0.25, 0.3) is 0 Å². The van der Waals surface area contributed by atoms with Gasteiger partial charge in [0.15, 0.2) is 0 Å². The van der Waals surface area contributed by atoms with Gasteiger partial charge in [-0.15, -0.1) is 5.92 Å². The van der Waals surface area contributed by atoms with E-state index in [1.807, 2.05) is 0 Å². The highest BCUT2D eigenvalue weighted by Crippen LogP contribution is 2.41. The van der Waals surface area contributed by atoms with E-state index in [4.69, 9.17) is 0 Å². The fraction of sp³-hybridized carbons (Fsp3) is 0.357. The molecule has 0 aliphatic heterocycles. The van der Waals surface area contributed by atoms with Crippen molar-refractivity contribution in [1.82, 2.24) is 0 Å². The minimum absolute atomic E-state index is 0.378. The topological polar surface area (TPSA) is 0 Å². The average Bonchev–Trinajstić information content (AvgIpc) is 2.70. The Balaban J connectivity index is 1.72. The normalized spacial score (nSPS) is 21.0. The molecule has 4 rings (SSSR count). The molecule has 0 bridgehead atoms. The maximum atomic E-state index is 3.55. The number of rotatable bonds is 4. The van der Waals surface area contributed by atoms with E-state index in [9.17, 15) is 0 Å². The molecule has 0 N–H and O–H groups in total. The minimum Gasteiger partial charge on any atom is -0.103 e. The number of benzene rings is 2. The molecule has 0 heteroatoms. The molecule has 3 unspecified atom stereocenters.